The first-order valence-corrected chi connectivity index (χ1v) is 4.03. The van der Waals surface area contributed by atoms with E-state index in [9.17, 15) is 0 Å². The number of fused-ring (bicyclic) bond motifs is 1. The summed E-state index contributed by atoms with van der Waals surface area (Å²) in [5, 5.41) is 2.43. The zero-order valence-electron chi connectivity index (χ0n) is 6.83. The number of hydrogen-bond donors (Lipinski definition) is 0. The molecule has 0 spiro atoms. The third-order valence-electron chi connectivity index (χ3n) is 1.94. The molecule has 2 aromatic rings. The molecule has 0 N–H and O–H groups in total. The minimum atomic E-state index is 0.755. The highest BCUT2D eigenvalue weighted by Gasteiger charge is 1.93. The molecule has 0 saturated carbocycles. The molecule has 0 aliphatic rings. The number of rotatable bonds is 1. The molecule has 0 aliphatic heterocycles. The van der Waals surface area contributed by atoms with Gasteiger partial charge in [0, 0.05) is 17.3 Å². The Kier molecular flexibility index (Phi) is 1.78. The van der Waals surface area contributed by atoms with Gasteiger partial charge in [-0.2, -0.15) is 0 Å². The maximum atomic E-state index is 4.26. The third kappa shape index (κ3) is 1.18. The van der Waals surface area contributed by atoms with Crippen molar-refractivity contribution >= 4 is 10.8 Å². The molecule has 0 unspecified atom stereocenters. The zero-order chi connectivity index (χ0) is 8.39. The van der Waals surface area contributed by atoms with E-state index in [0.717, 1.165) is 12.1 Å². The topological polar surface area (TPSA) is 12.9 Å². The number of pyridine rings is 1. The molecule has 1 aromatic heterocycles. The van der Waals surface area contributed by atoms with Crippen molar-refractivity contribution < 1.29 is 0 Å². The van der Waals surface area contributed by atoms with Crippen molar-refractivity contribution in [2.24, 2.45) is 0 Å². The van der Waals surface area contributed by atoms with E-state index in [0.29, 0.717) is 0 Å². The van der Waals surface area contributed by atoms with Crippen LogP contribution in [0.25, 0.3) is 10.8 Å². The molecular formula is C11H10N. The summed E-state index contributed by atoms with van der Waals surface area (Å²) in [7, 11) is 0. The Labute approximate surface area is 72.1 Å². The van der Waals surface area contributed by atoms with Crippen molar-refractivity contribution in [2.45, 2.75) is 6.42 Å². The highest BCUT2D eigenvalue weighted by atomic mass is 14.7. The summed E-state index contributed by atoms with van der Waals surface area (Å²) in [6.07, 6.45) is 2.65. The predicted molar refractivity (Wildman–Crippen MR) is 50.8 cm³/mol. The van der Waals surface area contributed by atoms with E-state index in [1.165, 1.54) is 10.8 Å². The van der Waals surface area contributed by atoms with Crippen molar-refractivity contribution in [3.63, 3.8) is 0 Å². The number of hydrogen-bond acceptors (Lipinski definition) is 1. The van der Waals surface area contributed by atoms with Gasteiger partial charge in [0.2, 0.25) is 0 Å². The number of benzene rings is 1. The van der Waals surface area contributed by atoms with Crippen LogP contribution >= 0.6 is 0 Å². The van der Waals surface area contributed by atoms with Crippen LogP contribution in [0.5, 0.6) is 0 Å². The van der Waals surface area contributed by atoms with Crippen LogP contribution in [0.2, 0.25) is 0 Å². The van der Waals surface area contributed by atoms with E-state index in [2.05, 4.69) is 30.1 Å². The Morgan fingerprint density at radius 3 is 2.67 bits per heavy atom. The van der Waals surface area contributed by atoms with Gasteiger partial charge in [0.05, 0.1) is 0 Å². The molecule has 0 fully saturated rings. The Hall–Kier alpha value is -1.37. The van der Waals surface area contributed by atoms with Crippen LogP contribution < -0.4 is 0 Å². The highest BCUT2D eigenvalue weighted by Crippen LogP contribution is 2.12. The fourth-order valence-corrected chi connectivity index (χ4v) is 1.27. The molecule has 1 heterocycles. The van der Waals surface area contributed by atoms with Gasteiger partial charge >= 0.3 is 0 Å². The van der Waals surface area contributed by atoms with E-state index in [1.54, 1.807) is 0 Å². The van der Waals surface area contributed by atoms with Crippen LogP contribution in [0.15, 0.2) is 36.5 Å². The first kappa shape index (κ1) is 7.29. The van der Waals surface area contributed by atoms with E-state index < -0.39 is 0 Å². The molecular weight excluding hydrogens is 146 g/mol. The molecule has 2 rings (SSSR count). The van der Waals surface area contributed by atoms with Gasteiger partial charge in [0.1, 0.15) is 0 Å². The summed E-state index contributed by atoms with van der Waals surface area (Å²) >= 11 is 0. The van der Waals surface area contributed by atoms with Gasteiger partial charge in [-0.3, -0.25) is 4.98 Å². The van der Waals surface area contributed by atoms with Crippen LogP contribution in [-0.4, -0.2) is 4.98 Å². The molecule has 59 valence electrons. The van der Waals surface area contributed by atoms with Crippen LogP contribution in [0, 0.1) is 6.92 Å². The lowest BCUT2D eigenvalue weighted by Crippen LogP contribution is -1.85. The van der Waals surface area contributed by atoms with Crippen molar-refractivity contribution in [1.29, 1.82) is 0 Å². The van der Waals surface area contributed by atoms with Gasteiger partial charge in [-0.1, -0.05) is 24.3 Å². The Morgan fingerprint density at radius 1 is 1.17 bits per heavy atom. The molecule has 1 radical (unpaired) electrons. The van der Waals surface area contributed by atoms with Gasteiger partial charge in [-0.15, -0.1) is 0 Å². The van der Waals surface area contributed by atoms with Crippen LogP contribution in [0.1, 0.15) is 5.69 Å². The standard InChI is InChI=1S/C11H10N/c1-2-11-7-9-5-3-4-6-10(9)8-12-11/h3-8H,1-2H2. The largest absolute Gasteiger partial charge is 0.261 e. The maximum Gasteiger partial charge on any atom is 0.0410 e. The van der Waals surface area contributed by atoms with Crippen LogP contribution in [0.4, 0.5) is 0 Å². The molecule has 0 bridgehead atoms. The average molecular weight is 156 g/mol. The van der Waals surface area contributed by atoms with Gasteiger partial charge in [0.15, 0.2) is 0 Å². The van der Waals surface area contributed by atoms with Crippen molar-refractivity contribution in [2.75, 3.05) is 0 Å². The lowest BCUT2D eigenvalue weighted by atomic mass is 10.1. The minimum Gasteiger partial charge on any atom is -0.261 e. The first-order valence-electron chi connectivity index (χ1n) is 4.03. The Balaban J connectivity index is 2.67. The SMILES string of the molecule is [CH2]Cc1cc2ccccc2cn1. The summed E-state index contributed by atoms with van der Waals surface area (Å²) in [5.41, 5.74) is 1.05. The molecule has 0 atom stereocenters. The molecule has 0 aliphatic carbocycles. The second kappa shape index (κ2) is 2.94. The predicted octanol–water partition coefficient (Wildman–Crippen LogP) is 2.61. The van der Waals surface area contributed by atoms with Crippen LogP contribution in [0.3, 0.4) is 0 Å². The number of aromatic nitrogens is 1. The number of nitrogens with zero attached hydrogens (tertiary/aromatic N) is 1. The highest BCUT2D eigenvalue weighted by molar-refractivity contribution is 5.81. The van der Waals surface area contributed by atoms with Crippen LogP contribution in [-0.2, 0) is 6.42 Å². The lowest BCUT2D eigenvalue weighted by Gasteiger charge is -1.98. The summed E-state index contributed by atoms with van der Waals surface area (Å²) in [6.45, 7) is 3.80. The molecule has 0 amide bonds. The maximum absolute atomic E-state index is 4.26. The third-order valence-corrected chi connectivity index (χ3v) is 1.94. The smallest absolute Gasteiger partial charge is 0.0410 e. The minimum absolute atomic E-state index is 0.755. The van der Waals surface area contributed by atoms with Gasteiger partial charge in [0.25, 0.3) is 0 Å². The average Bonchev–Trinajstić information content (AvgIpc) is 2.17. The quantitative estimate of drug-likeness (QED) is 0.618. The second-order valence-corrected chi connectivity index (χ2v) is 2.77. The van der Waals surface area contributed by atoms with Crippen molar-refractivity contribution in [3.05, 3.63) is 49.1 Å². The molecule has 12 heavy (non-hydrogen) atoms. The molecule has 1 aromatic carbocycles. The summed E-state index contributed by atoms with van der Waals surface area (Å²) in [6, 6.07) is 10.3. The van der Waals surface area contributed by atoms with Crippen molar-refractivity contribution in [1.82, 2.24) is 4.98 Å². The van der Waals surface area contributed by atoms with Gasteiger partial charge in [-0.05, 0) is 24.8 Å². The normalized spacial score (nSPS) is 10.4. The van der Waals surface area contributed by atoms with Gasteiger partial charge < -0.3 is 0 Å². The molecule has 1 heteroatoms. The monoisotopic (exact) mass is 156 g/mol. The van der Waals surface area contributed by atoms with E-state index in [1.807, 2.05) is 18.3 Å². The fraction of sp³-hybridized carbons (Fsp3) is 0.0909. The second-order valence-electron chi connectivity index (χ2n) is 2.77. The first-order chi connectivity index (χ1) is 5.90. The zero-order valence-corrected chi connectivity index (χ0v) is 6.83. The summed E-state index contributed by atoms with van der Waals surface area (Å²) < 4.78 is 0. The van der Waals surface area contributed by atoms with E-state index in [-0.39, 0.29) is 0 Å². The summed E-state index contributed by atoms with van der Waals surface area (Å²) in [5.74, 6) is 0. The fourth-order valence-electron chi connectivity index (χ4n) is 1.27. The van der Waals surface area contributed by atoms with E-state index >= 15 is 0 Å². The Morgan fingerprint density at radius 2 is 1.92 bits per heavy atom. The lowest BCUT2D eigenvalue weighted by molar-refractivity contribution is 1.12. The van der Waals surface area contributed by atoms with Crippen molar-refractivity contribution in [3.8, 4) is 0 Å². The Bertz CT molecular complexity index is 393. The molecule has 0 saturated heterocycles. The van der Waals surface area contributed by atoms with E-state index in [4.69, 9.17) is 0 Å². The molecule has 1 nitrogen and oxygen atoms in total. The summed E-state index contributed by atoms with van der Waals surface area (Å²) in [4.78, 5) is 4.26. The van der Waals surface area contributed by atoms with Gasteiger partial charge in [-0.25, -0.2) is 0 Å².